The number of nitrogens with one attached hydrogen (secondary N) is 1. The third-order valence-electron chi connectivity index (χ3n) is 4.24. The van der Waals surface area contributed by atoms with Crippen LogP contribution >= 0.6 is 11.3 Å². The van der Waals surface area contributed by atoms with Crippen molar-refractivity contribution in [3.05, 3.63) is 21.9 Å². The standard InChI is InChI=1S/C18H32N2S/c1-5-11-20(13-15-7-6-10-19-12-15)14-16-8-9-17(21-16)18(2,3)4/h8-9,15,19H,5-7,10-14H2,1-4H3. The molecule has 3 heteroatoms. The van der Waals surface area contributed by atoms with Crippen molar-refractivity contribution in [1.82, 2.24) is 10.2 Å². The van der Waals surface area contributed by atoms with E-state index in [0.717, 1.165) is 12.5 Å². The van der Waals surface area contributed by atoms with E-state index in [2.05, 4.69) is 50.0 Å². The molecule has 2 heterocycles. The highest BCUT2D eigenvalue weighted by Gasteiger charge is 2.19. The van der Waals surface area contributed by atoms with Crippen LogP contribution in [-0.2, 0) is 12.0 Å². The molecule has 0 radical (unpaired) electrons. The Hall–Kier alpha value is -0.380. The average Bonchev–Trinajstić information content (AvgIpc) is 2.89. The normalized spacial score (nSPS) is 20.1. The van der Waals surface area contributed by atoms with Gasteiger partial charge in [0.2, 0.25) is 0 Å². The van der Waals surface area contributed by atoms with E-state index in [-0.39, 0.29) is 5.41 Å². The minimum absolute atomic E-state index is 0.284. The summed E-state index contributed by atoms with van der Waals surface area (Å²) >= 11 is 2.00. The summed E-state index contributed by atoms with van der Waals surface area (Å²) in [5.41, 5.74) is 0.284. The molecule has 1 aliphatic rings. The number of hydrogen-bond acceptors (Lipinski definition) is 3. The molecule has 0 aromatic carbocycles. The van der Waals surface area contributed by atoms with E-state index in [0.29, 0.717) is 0 Å². The smallest absolute Gasteiger partial charge is 0.0328 e. The van der Waals surface area contributed by atoms with Gasteiger partial charge >= 0.3 is 0 Å². The topological polar surface area (TPSA) is 15.3 Å². The molecule has 2 nitrogen and oxygen atoms in total. The van der Waals surface area contributed by atoms with Gasteiger partial charge in [-0.2, -0.15) is 0 Å². The third kappa shape index (κ3) is 5.39. The predicted molar refractivity (Wildman–Crippen MR) is 94.2 cm³/mol. The second-order valence-electron chi connectivity index (χ2n) is 7.46. The molecule has 0 amide bonds. The molecule has 1 saturated heterocycles. The van der Waals surface area contributed by atoms with Crippen molar-refractivity contribution in [2.75, 3.05) is 26.2 Å². The van der Waals surface area contributed by atoms with Crippen LogP contribution in [0.25, 0.3) is 0 Å². The van der Waals surface area contributed by atoms with Crippen LogP contribution in [0.3, 0.4) is 0 Å². The fourth-order valence-corrected chi connectivity index (χ4v) is 4.19. The van der Waals surface area contributed by atoms with Crippen molar-refractivity contribution in [1.29, 1.82) is 0 Å². The first-order chi connectivity index (χ1) is 9.99. The minimum atomic E-state index is 0.284. The molecular weight excluding hydrogens is 276 g/mol. The van der Waals surface area contributed by atoms with E-state index in [4.69, 9.17) is 0 Å². The van der Waals surface area contributed by atoms with Crippen LogP contribution in [0.2, 0.25) is 0 Å². The van der Waals surface area contributed by atoms with E-state index in [9.17, 15) is 0 Å². The number of nitrogens with zero attached hydrogens (tertiary/aromatic N) is 1. The summed E-state index contributed by atoms with van der Waals surface area (Å²) in [4.78, 5) is 5.70. The summed E-state index contributed by atoms with van der Waals surface area (Å²) in [6.07, 6.45) is 3.99. The Balaban J connectivity index is 1.93. The van der Waals surface area contributed by atoms with Gasteiger partial charge in [-0.05, 0) is 62.4 Å². The van der Waals surface area contributed by atoms with Crippen LogP contribution in [0, 0.1) is 5.92 Å². The molecule has 21 heavy (non-hydrogen) atoms. The van der Waals surface area contributed by atoms with Crippen molar-refractivity contribution in [2.24, 2.45) is 5.92 Å². The van der Waals surface area contributed by atoms with Gasteiger partial charge in [0.05, 0.1) is 0 Å². The second-order valence-corrected chi connectivity index (χ2v) is 8.63. The van der Waals surface area contributed by atoms with Crippen LogP contribution in [0.15, 0.2) is 12.1 Å². The van der Waals surface area contributed by atoms with Gasteiger partial charge in [0.25, 0.3) is 0 Å². The monoisotopic (exact) mass is 308 g/mol. The summed E-state index contributed by atoms with van der Waals surface area (Å²) in [6, 6.07) is 4.67. The molecule has 0 aliphatic carbocycles. The van der Waals surface area contributed by atoms with Crippen LogP contribution in [-0.4, -0.2) is 31.1 Å². The lowest BCUT2D eigenvalue weighted by Gasteiger charge is -2.29. The van der Waals surface area contributed by atoms with Crippen LogP contribution in [0.4, 0.5) is 0 Å². The van der Waals surface area contributed by atoms with Gasteiger partial charge in [-0.25, -0.2) is 0 Å². The lowest BCUT2D eigenvalue weighted by molar-refractivity contribution is 0.203. The van der Waals surface area contributed by atoms with Crippen molar-refractivity contribution in [3.63, 3.8) is 0 Å². The van der Waals surface area contributed by atoms with E-state index >= 15 is 0 Å². The molecule has 0 bridgehead atoms. The molecule has 1 fully saturated rings. The zero-order valence-corrected chi connectivity index (χ0v) is 15.1. The van der Waals surface area contributed by atoms with E-state index < -0.39 is 0 Å². The Morgan fingerprint density at radius 3 is 2.71 bits per heavy atom. The quantitative estimate of drug-likeness (QED) is 0.845. The summed E-state index contributed by atoms with van der Waals surface area (Å²) < 4.78 is 0. The summed E-state index contributed by atoms with van der Waals surface area (Å²) in [6.45, 7) is 15.2. The minimum Gasteiger partial charge on any atom is -0.316 e. The van der Waals surface area contributed by atoms with Crippen molar-refractivity contribution in [3.8, 4) is 0 Å². The van der Waals surface area contributed by atoms with E-state index in [1.54, 1.807) is 0 Å². The molecule has 1 aliphatic heterocycles. The molecule has 1 aromatic heterocycles. The fraction of sp³-hybridized carbons (Fsp3) is 0.778. The Labute approximate surface area is 134 Å². The summed E-state index contributed by atoms with van der Waals surface area (Å²) in [5.74, 6) is 0.840. The van der Waals surface area contributed by atoms with Crippen LogP contribution in [0.1, 0.15) is 56.7 Å². The molecule has 120 valence electrons. The molecule has 1 N–H and O–H groups in total. The summed E-state index contributed by atoms with van der Waals surface area (Å²) in [7, 11) is 0. The Morgan fingerprint density at radius 2 is 2.14 bits per heavy atom. The second kappa shape index (κ2) is 7.75. The Bertz CT molecular complexity index is 413. The maximum absolute atomic E-state index is 3.55. The molecular formula is C18H32N2S. The number of thiophene rings is 1. The maximum atomic E-state index is 3.55. The van der Waals surface area contributed by atoms with Gasteiger partial charge in [0.1, 0.15) is 0 Å². The van der Waals surface area contributed by atoms with Gasteiger partial charge in [-0.3, -0.25) is 4.90 Å². The predicted octanol–water partition coefficient (Wildman–Crippen LogP) is 4.26. The van der Waals surface area contributed by atoms with Gasteiger partial charge in [-0.1, -0.05) is 27.7 Å². The van der Waals surface area contributed by atoms with Crippen molar-refractivity contribution < 1.29 is 0 Å². The number of hydrogen-bond donors (Lipinski definition) is 1. The van der Waals surface area contributed by atoms with Gasteiger partial charge in [-0.15, -0.1) is 11.3 Å². The molecule has 1 unspecified atom stereocenters. The molecule has 0 saturated carbocycles. The Kier molecular flexibility index (Phi) is 6.27. The molecule has 2 rings (SSSR count). The van der Waals surface area contributed by atoms with E-state index in [1.165, 1.54) is 55.2 Å². The Morgan fingerprint density at radius 1 is 1.33 bits per heavy atom. The fourth-order valence-electron chi connectivity index (χ4n) is 3.08. The third-order valence-corrected chi connectivity index (χ3v) is 5.73. The highest BCUT2D eigenvalue weighted by atomic mass is 32.1. The molecule has 1 atom stereocenters. The molecule has 1 aromatic rings. The van der Waals surface area contributed by atoms with Crippen LogP contribution < -0.4 is 5.32 Å². The van der Waals surface area contributed by atoms with Gasteiger partial charge in [0, 0.05) is 22.8 Å². The van der Waals surface area contributed by atoms with Crippen molar-refractivity contribution in [2.45, 2.75) is 58.9 Å². The lowest BCUT2D eigenvalue weighted by atomic mass is 9.95. The zero-order valence-electron chi connectivity index (χ0n) is 14.2. The SMILES string of the molecule is CCCN(Cc1ccc(C(C)(C)C)s1)CC1CCCNC1. The highest BCUT2D eigenvalue weighted by Crippen LogP contribution is 2.30. The first-order valence-electron chi connectivity index (χ1n) is 8.51. The van der Waals surface area contributed by atoms with Gasteiger partial charge < -0.3 is 5.32 Å². The van der Waals surface area contributed by atoms with Crippen LogP contribution in [0.5, 0.6) is 0 Å². The average molecular weight is 309 g/mol. The van der Waals surface area contributed by atoms with Gasteiger partial charge in [0.15, 0.2) is 0 Å². The number of rotatable bonds is 6. The molecule has 0 spiro atoms. The van der Waals surface area contributed by atoms with Crippen molar-refractivity contribution >= 4 is 11.3 Å². The maximum Gasteiger partial charge on any atom is 0.0328 e. The highest BCUT2D eigenvalue weighted by molar-refractivity contribution is 7.12. The largest absolute Gasteiger partial charge is 0.316 e. The summed E-state index contributed by atoms with van der Waals surface area (Å²) in [5, 5.41) is 3.55. The lowest BCUT2D eigenvalue weighted by Crippen LogP contribution is -2.38. The van der Waals surface area contributed by atoms with E-state index in [1.807, 2.05) is 11.3 Å². The number of piperidine rings is 1. The first kappa shape index (κ1) is 17.0. The zero-order chi connectivity index (χ0) is 15.3. The first-order valence-corrected chi connectivity index (χ1v) is 9.33.